The van der Waals surface area contributed by atoms with Gasteiger partial charge in [-0.2, -0.15) is 4.31 Å². The minimum Gasteiger partial charge on any atom is -0.390 e. The number of aliphatic hydroxyl groups is 1. The summed E-state index contributed by atoms with van der Waals surface area (Å²) in [5.74, 6) is 0.742. The molecule has 0 spiro atoms. The molecule has 4 atom stereocenters. The van der Waals surface area contributed by atoms with Crippen molar-refractivity contribution in [3.63, 3.8) is 0 Å². The van der Waals surface area contributed by atoms with Crippen LogP contribution in [0.3, 0.4) is 0 Å². The first-order valence-electron chi connectivity index (χ1n) is 10.1. The Hall–Kier alpha value is -0.660. The molecule has 0 aromatic carbocycles. The fourth-order valence-corrected chi connectivity index (χ4v) is 7.99. The van der Waals surface area contributed by atoms with Gasteiger partial charge in [-0.25, -0.2) is 8.42 Å². The Balaban J connectivity index is 1.52. The Morgan fingerprint density at radius 1 is 1.04 bits per heavy atom. The Kier molecular flexibility index (Phi) is 4.25. The molecule has 6 nitrogen and oxygen atoms in total. The molecule has 4 saturated carbocycles. The maximum atomic E-state index is 13.5. The fraction of sp³-hybridized carbons (Fsp3) is 0.947. The van der Waals surface area contributed by atoms with Gasteiger partial charge in [0.2, 0.25) is 15.9 Å². The zero-order valence-corrected chi connectivity index (χ0v) is 16.9. The van der Waals surface area contributed by atoms with Crippen molar-refractivity contribution in [3.05, 3.63) is 0 Å². The highest BCUT2D eigenvalue weighted by Gasteiger charge is 2.65. The van der Waals surface area contributed by atoms with E-state index in [1.807, 2.05) is 4.90 Å². The van der Waals surface area contributed by atoms with Crippen molar-refractivity contribution >= 4 is 15.9 Å². The van der Waals surface area contributed by atoms with Crippen molar-refractivity contribution in [2.75, 3.05) is 31.9 Å². The van der Waals surface area contributed by atoms with Crippen molar-refractivity contribution in [2.45, 2.75) is 64.4 Å². The number of carbonyl (C=O) groups excluding carboxylic acids is 1. The Labute approximate surface area is 157 Å². The summed E-state index contributed by atoms with van der Waals surface area (Å²) in [4.78, 5) is 15.4. The van der Waals surface area contributed by atoms with Gasteiger partial charge < -0.3 is 10.0 Å². The summed E-state index contributed by atoms with van der Waals surface area (Å²) in [6.07, 6.45) is 6.30. The third kappa shape index (κ3) is 2.81. The second-order valence-electron chi connectivity index (χ2n) is 9.46. The molecule has 4 bridgehead atoms. The molecule has 26 heavy (non-hydrogen) atoms. The minimum atomic E-state index is -3.18. The van der Waals surface area contributed by atoms with Crippen LogP contribution in [-0.4, -0.2) is 66.2 Å². The van der Waals surface area contributed by atoms with E-state index in [0.29, 0.717) is 38.5 Å². The van der Waals surface area contributed by atoms with E-state index in [1.54, 1.807) is 6.92 Å². The fourth-order valence-electron chi connectivity index (χ4n) is 6.91. The number of nitrogens with zero attached hydrogens (tertiary/aromatic N) is 2. The maximum absolute atomic E-state index is 13.5. The van der Waals surface area contributed by atoms with Crippen LogP contribution in [0.25, 0.3) is 0 Å². The smallest absolute Gasteiger partial charge is 0.229 e. The molecule has 0 aromatic rings. The van der Waals surface area contributed by atoms with Gasteiger partial charge in [-0.05, 0) is 56.8 Å². The van der Waals surface area contributed by atoms with Crippen LogP contribution >= 0.6 is 0 Å². The van der Waals surface area contributed by atoms with Crippen LogP contribution in [0.5, 0.6) is 0 Å². The van der Waals surface area contributed by atoms with Crippen LogP contribution in [0, 0.1) is 16.7 Å². The van der Waals surface area contributed by atoms with E-state index >= 15 is 0 Å². The van der Waals surface area contributed by atoms with Crippen molar-refractivity contribution in [2.24, 2.45) is 16.7 Å². The molecule has 5 rings (SSSR count). The average Bonchev–Trinajstić information content (AvgIpc) is 2.59. The number of carbonyl (C=O) groups is 1. The quantitative estimate of drug-likeness (QED) is 0.798. The SMILES string of the molecule is CCC12CC3CC(O)(C1)CC(C(=O)N1CCN(S(=O)(=O)CC)CC1)(C3)C2. The van der Waals surface area contributed by atoms with Crippen LogP contribution in [0.1, 0.15) is 58.8 Å². The van der Waals surface area contributed by atoms with Gasteiger partial charge in [0.25, 0.3) is 0 Å². The second-order valence-corrected chi connectivity index (χ2v) is 11.7. The van der Waals surface area contributed by atoms with Crippen LogP contribution in [-0.2, 0) is 14.8 Å². The van der Waals surface area contributed by atoms with E-state index < -0.39 is 21.0 Å². The lowest BCUT2D eigenvalue weighted by Crippen LogP contribution is -2.65. The molecule has 1 amide bonds. The van der Waals surface area contributed by atoms with Crippen molar-refractivity contribution in [3.8, 4) is 0 Å². The van der Waals surface area contributed by atoms with E-state index in [0.717, 1.165) is 38.5 Å². The van der Waals surface area contributed by atoms with Crippen LogP contribution in [0.2, 0.25) is 0 Å². The van der Waals surface area contributed by atoms with Gasteiger partial charge in [-0.3, -0.25) is 4.79 Å². The maximum Gasteiger partial charge on any atom is 0.229 e. The first kappa shape index (κ1) is 18.7. The lowest BCUT2D eigenvalue weighted by atomic mass is 9.42. The number of sulfonamides is 1. The summed E-state index contributed by atoms with van der Waals surface area (Å²) in [5, 5.41) is 11.1. The Morgan fingerprint density at radius 2 is 1.73 bits per heavy atom. The van der Waals surface area contributed by atoms with E-state index in [2.05, 4.69) is 6.92 Å². The molecular weight excluding hydrogens is 352 g/mol. The highest BCUT2D eigenvalue weighted by atomic mass is 32.2. The molecule has 0 aromatic heterocycles. The van der Waals surface area contributed by atoms with Gasteiger partial charge in [0, 0.05) is 26.2 Å². The molecule has 1 saturated heterocycles. The summed E-state index contributed by atoms with van der Waals surface area (Å²) in [7, 11) is -3.18. The van der Waals surface area contributed by atoms with Crippen LogP contribution < -0.4 is 0 Å². The van der Waals surface area contributed by atoms with Crippen molar-refractivity contribution in [1.29, 1.82) is 0 Å². The summed E-state index contributed by atoms with van der Waals surface area (Å²) >= 11 is 0. The zero-order chi connectivity index (χ0) is 18.8. The summed E-state index contributed by atoms with van der Waals surface area (Å²) < 4.78 is 25.6. The second kappa shape index (κ2) is 5.92. The van der Waals surface area contributed by atoms with Crippen LogP contribution in [0.15, 0.2) is 0 Å². The Bertz CT molecular complexity index is 702. The van der Waals surface area contributed by atoms with E-state index in [9.17, 15) is 18.3 Å². The third-order valence-electron chi connectivity index (χ3n) is 7.64. The number of hydrogen-bond acceptors (Lipinski definition) is 4. The molecule has 5 aliphatic rings. The highest BCUT2D eigenvalue weighted by molar-refractivity contribution is 7.89. The minimum absolute atomic E-state index is 0.110. The predicted molar refractivity (Wildman–Crippen MR) is 98.9 cm³/mol. The van der Waals surface area contributed by atoms with E-state index in [4.69, 9.17) is 0 Å². The molecule has 1 heterocycles. The molecule has 148 valence electrons. The number of rotatable bonds is 4. The topological polar surface area (TPSA) is 77.9 Å². The number of hydrogen-bond donors (Lipinski definition) is 1. The van der Waals surface area contributed by atoms with E-state index in [1.165, 1.54) is 4.31 Å². The van der Waals surface area contributed by atoms with Crippen LogP contribution in [0.4, 0.5) is 0 Å². The van der Waals surface area contributed by atoms with Gasteiger partial charge in [0.1, 0.15) is 0 Å². The number of amides is 1. The summed E-state index contributed by atoms with van der Waals surface area (Å²) in [6.45, 7) is 5.59. The summed E-state index contributed by atoms with van der Waals surface area (Å²) in [6, 6.07) is 0. The van der Waals surface area contributed by atoms with Gasteiger partial charge in [0.15, 0.2) is 0 Å². The van der Waals surface area contributed by atoms with E-state index in [-0.39, 0.29) is 17.1 Å². The lowest BCUT2D eigenvalue weighted by Gasteiger charge is -2.65. The molecule has 1 aliphatic heterocycles. The first-order valence-corrected chi connectivity index (χ1v) is 11.8. The zero-order valence-electron chi connectivity index (χ0n) is 16.0. The highest BCUT2D eigenvalue weighted by Crippen LogP contribution is 2.68. The molecule has 4 unspecified atom stereocenters. The largest absolute Gasteiger partial charge is 0.390 e. The van der Waals surface area contributed by atoms with Gasteiger partial charge in [-0.15, -0.1) is 0 Å². The molecular formula is C19H32N2O4S. The first-order chi connectivity index (χ1) is 12.1. The van der Waals surface area contributed by atoms with Gasteiger partial charge in [0.05, 0.1) is 16.8 Å². The van der Waals surface area contributed by atoms with Crippen molar-refractivity contribution in [1.82, 2.24) is 9.21 Å². The lowest BCUT2D eigenvalue weighted by molar-refractivity contribution is -0.210. The molecule has 5 fully saturated rings. The monoisotopic (exact) mass is 384 g/mol. The van der Waals surface area contributed by atoms with Gasteiger partial charge >= 0.3 is 0 Å². The molecule has 7 heteroatoms. The predicted octanol–water partition coefficient (Wildman–Crippen LogP) is 1.59. The normalized spacial score (nSPS) is 43.0. The summed E-state index contributed by atoms with van der Waals surface area (Å²) in [5.41, 5.74) is -0.967. The van der Waals surface area contributed by atoms with Crippen molar-refractivity contribution < 1.29 is 18.3 Å². The molecule has 4 aliphatic carbocycles. The van der Waals surface area contributed by atoms with Gasteiger partial charge in [-0.1, -0.05) is 13.3 Å². The Morgan fingerprint density at radius 3 is 2.31 bits per heavy atom. The molecule has 0 radical (unpaired) electrons. The average molecular weight is 385 g/mol. The third-order valence-corrected chi connectivity index (χ3v) is 9.52. The number of piperazine rings is 1. The standard InChI is InChI=1S/C19H32N2O4S/c1-3-17-9-15-10-18(12-17,14-19(23,11-15)13-17)16(22)20-5-7-21(8-6-20)26(24,25)4-2/h15,23H,3-14H2,1-2H3. The molecule has 1 N–H and O–H groups in total.